The minimum absolute atomic E-state index is 0.0671. The Bertz CT molecular complexity index is 1500. The van der Waals surface area contributed by atoms with Crippen LogP contribution in [0.15, 0.2) is 72.9 Å². The molecule has 7 nitrogen and oxygen atoms in total. The first-order chi connectivity index (χ1) is 19.3. The highest BCUT2D eigenvalue weighted by atomic mass is 35.5. The molecule has 4 aromatic rings. The van der Waals surface area contributed by atoms with Crippen molar-refractivity contribution in [1.29, 1.82) is 0 Å². The van der Waals surface area contributed by atoms with E-state index in [9.17, 15) is 9.59 Å². The molecule has 9 heteroatoms. The van der Waals surface area contributed by atoms with Crippen LogP contribution in [0, 0.1) is 0 Å². The zero-order chi connectivity index (χ0) is 28.5. The Hall–Kier alpha value is -4.07. The number of nitrogens with zero attached hydrogens (tertiary/aromatic N) is 2. The van der Waals surface area contributed by atoms with Gasteiger partial charge in [0.25, 0.3) is 0 Å². The van der Waals surface area contributed by atoms with E-state index in [1.165, 1.54) is 0 Å². The molecule has 1 heterocycles. The van der Waals surface area contributed by atoms with E-state index in [0.29, 0.717) is 53.3 Å². The summed E-state index contributed by atoms with van der Waals surface area (Å²) in [4.78, 5) is 26.4. The third-order valence-corrected chi connectivity index (χ3v) is 6.68. The van der Waals surface area contributed by atoms with Crippen molar-refractivity contribution in [3.63, 3.8) is 0 Å². The second-order valence-electron chi connectivity index (χ2n) is 9.12. The van der Waals surface area contributed by atoms with E-state index in [1.54, 1.807) is 12.1 Å². The molecule has 0 spiro atoms. The number of benzene rings is 3. The predicted octanol–water partition coefficient (Wildman–Crippen LogP) is 7.80. The SMILES string of the molecule is O=C(O)CCCOc1ccc(-c2ccc(/C=C/c3nc(-c4ccc(Cl)cc4Cl)cn3CCCC(=O)O)cc2)cc1. The Labute approximate surface area is 242 Å². The van der Waals surface area contributed by atoms with Crippen LogP contribution in [0.25, 0.3) is 34.5 Å². The first-order valence-corrected chi connectivity index (χ1v) is 13.5. The van der Waals surface area contributed by atoms with Gasteiger partial charge in [-0.25, -0.2) is 4.98 Å². The van der Waals surface area contributed by atoms with Crippen LogP contribution in [0.1, 0.15) is 37.1 Å². The summed E-state index contributed by atoms with van der Waals surface area (Å²) < 4.78 is 7.54. The van der Waals surface area contributed by atoms with Gasteiger partial charge >= 0.3 is 11.9 Å². The fourth-order valence-corrected chi connectivity index (χ4v) is 4.59. The maximum Gasteiger partial charge on any atom is 0.303 e. The molecule has 3 aromatic carbocycles. The molecule has 0 aliphatic rings. The number of aliphatic carboxylic acids is 2. The molecule has 2 N–H and O–H groups in total. The number of rotatable bonds is 13. The molecule has 1 aromatic heterocycles. The molecule has 0 amide bonds. The summed E-state index contributed by atoms with van der Waals surface area (Å²) in [5.74, 6) is -0.275. The molecular formula is C31H28Cl2N2O5. The largest absolute Gasteiger partial charge is 0.494 e. The summed E-state index contributed by atoms with van der Waals surface area (Å²) in [6.45, 7) is 0.862. The molecule has 40 heavy (non-hydrogen) atoms. The fraction of sp³-hybridized carbons (Fsp3) is 0.194. The van der Waals surface area contributed by atoms with Crippen molar-refractivity contribution >= 4 is 47.3 Å². The van der Waals surface area contributed by atoms with Crippen LogP contribution in [0.5, 0.6) is 5.75 Å². The Kier molecular flexibility index (Phi) is 10.00. The van der Waals surface area contributed by atoms with Crippen molar-refractivity contribution in [3.8, 4) is 28.1 Å². The first-order valence-electron chi connectivity index (χ1n) is 12.8. The zero-order valence-electron chi connectivity index (χ0n) is 21.6. The Morgan fingerprint density at radius 2 is 1.50 bits per heavy atom. The Balaban J connectivity index is 1.46. The lowest BCUT2D eigenvalue weighted by Crippen LogP contribution is -2.02. The summed E-state index contributed by atoms with van der Waals surface area (Å²) in [6.07, 6.45) is 6.83. The number of carbonyl (C=O) groups is 2. The van der Waals surface area contributed by atoms with Crippen LogP contribution < -0.4 is 4.74 Å². The first kappa shape index (κ1) is 28.9. The summed E-state index contributed by atoms with van der Waals surface area (Å²) in [7, 11) is 0. The summed E-state index contributed by atoms with van der Waals surface area (Å²) in [5.41, 5.74) is 4.49. The summed E-state index contributed by atoms with van der Waals surface area (Å²) >= 11 is 12.4. The molecule has 0 aliphatic heterocycles. The van der Waals surface area contributed by atoms with Crippen molar-refractivity contribution < 1.29 is 24.5 Å². The van der Waals surface area contributed by atoms with E-state index >= 15 is 0 Å². The van der Waals surface area contributed by atoms with E-state index in [-0.39, 0.29) is 12.8 Å². The molecule has 0 atom stereocenters. The van der Waals surface area contributed by atoms with Gasteiger partial charge in [-0.05, 0) is 65.9 Å². The number of hydrogen-bond acceptors (Lipinski definition) is 4. The number of carboxylic acids is 2. The van der Waals surface area contributed by atoms with Gasteiger partial charge in [0, 0.05) is 36.2 Å². The average molecular weight is 579 g/mol. The number of aryl methyl sites for hydroxylation is 1. The molecule has 0 saturated heterocycles. The number of hydrogen-bond donors (Lipinski definition) is 2. The van der Waals surface area contributed by atoms with Crippen molar-refractivity contribution in [2.45, 2.75) is 32.2 Å². The molecule has 0 bridgehead atoms. The van der Waals surface area contributed by atoms with Crippen LogP contribution in [0.2, 0.25) is 10.0 Å². The number of ether oxygens (including phenoxy) is 1. The minimum Gasteiger partial charge on any atom is -0.494 e. The van der Waals surface area contributed by atoms with E-state index < -0.39 is 11.9 Å². The molecule has 4 rings (SSSR count). The molecule has 0 saturated carbocycles. The molecule has 206 valence electrons. The topological polar surface area (TPSA) is 102 Å². The molecule has 0 radical (unpaired) electrons. The smallest absolute Gasteiger partial charge is 0.303 e. The van der Waals surface area contributed by atoms with Crippen molar-refractivity contribution in [1.82, 2.24) is 9.55 Å². The Morgan fingerprint density at radius 1 is 0.850 bits per heavy atom. The molecule has 0 aliphatic carbocycles. The van der Waals surface area contributed by atoms with Gasteiger partial charge in [-0.3, -0.25) is 9.59 Å². The minimum atomic E-state index is -0.837. The van der Waals surface area contributed by atoms with E-state index in [4.69, 9.17) is 43.1 Å². The lowest BCUT2D eigenvalue weighted by Gasteiger charge is -2.07. The quantitative estimate of drug-likeness (QED) is 0.157. The van der Waals surface area contributed by atoms with Gasteiger partial charge in [-0.15, -0.1) is 0 Å². The highest BCUT2D eigenvalue weighted by Crippen LogP contribution is 2.30. The normalized spacial score (nSPS) is 11.2. The standard InChI is InChI=1S/C31H28Cl2N2O5/c32-24-12-15-26(27(33)19-24)28-20-35(17-1-3-30(36)37)29(34-28)16-7-21-5-8-22(9-6-21)23-10-13-25(14-11-23)40-18-2-4-31(38)39/h5-16,19-20H,1-4,17-18H2,(H,36,37)(H,38,39)/b16-7+. The Morgan fingerprint density at radius 3 is 2.15 bits per heavy atom. The van der Waals surface area contributed by atoms with Crippen LogP contribution in [-0.4, -0.2) is 38.3 Å². The number of imidazole rings is 1. The molecule has 0 unspecified atom stereocenters. The van der Waals surface area contributed by atoms with Crippen molar-refractivity contribution in [2.24, 2.45) is 0 Å². The van der Waals surface area contributed by atoms with Crippen LogP contribution in [-0.2, 0) is 16.1 Å². The van der Waals surface area contributed by atoms with E-state index in [0.717, 1.165) is 22.3 Å². The van der Waals surface area contributed by atoms with Crippen LogP contribution in [0.4, 0.5) is 0 Å². The lowest BCUT2D eigenvalue weighted by molar-refractivity contribution is -0.138. The lowest BCUT2D eigenvalue weighted by atomic mass is 10.0. The third kappa shape index (κ3) is 8.21. The monoisotopic (exact) mass is 578 g/mol. The number of carboxylic acid groups (broad SMARTS) is 2. The summed E-state index contributed by atoms with van der Waals surface area (Å²) in [6, 6.07) is 21.0. The molecule has 0 fully saturated rings. The van der Waals surface area contributed by atoms with Gasteiger partial charge in [0.2, 0.25) is 0 Å². The molecular weight excluding hydrogens is 551 g/mol. The zero-order valence-corrected chi connectivity index (χ0v) is 23.1. The van der Waals surface area contributed by atoms with Crippen LogP contribution in [0.3, 0.4) is 0 Å². The van der Waals surface area contributed by atoms with Gasteiger partial charge < -0.3 is 19.5 Å². The predicted molar refractivity (Wildman–Crippen MR) is 158 cm³/mol. The van der Waals surface area contributed by atoms with Gasteiger partial charge in [-0.2, -0.15) is 0 Å². The highest BCUT2D eigenvalue weighted by molar-refractivity contribution is 6.36. The van der Waals surface area contributed by atoms with E-state index in [1.807, 2.05) is 77.5 Å². The maximum absolute atomic E-state index is 11.0. The fourth-order valence-electron chi connectivity index (χ4n) is 4.08. The van der Waals surface area contributed by atoms with Gasteiger partial charge in [0.05, 0.1) is 17.3 Å². The second kappa shape index (κ2) is 13.8. The van der Waals surface area contributed by atoms with E-state index in [2.05, 4.69) is 0 Å². The maximum atomic E-state index is 11.0. The summed E-state index contributed by atoms with van der Waals surface area (Å²) in [5, 5.41) is 18.8. The van der Waals surface area contributed by atoms with Gasteiger partial charge in [-0.1, -0.05) is 65.7 Å². The second-order valence-corrected chi connectivity index (χ2v) is 9.97. The third-order valence-electron chi connectivity index (χ3n) is 6.13. The van der Waals surface area contributed by atoms with Gasteiger partial charge in [0.1, 0.15) is 11.6 Å². The van der Waals surface area contributed by atoms with Crippen molar-refractivity contribution in [2.75, 3.05) is 6.61 Å². The average Bonchev–Trinajstić information content (AvgIpc) is 3.32. The van der Waals surface area contributed by atoms with Crippen molar-refractivity contribution in [3.05, 3.63) is 94.4 Å². The number of aromatic nitrogens is 2. The number of halogens is 2. The van der Waals surface area contributed by atoms with Gasteiger partial charge in [0.15, 0.2) is 0 Å². The highest BCUT2D eigenvalue weighted by Gasteiger charge is 2.12. The van der Waals surface area contributed by atoms with Crippen LogP contribution >= 0.6 is 23.2 Å².